The summed E-state index contributed by atoms with van der Waals surface area (Å²) in [5.41, 5.74) is -3.27. The first kappa shape index (κ1) is 15.5. The summed E-state index contributed by atoms with van der Waals surface area (Å²) in [4.78, 5) is 13.1. The summed E-state index contributed by atoms with van der Waals surface area (Å²) in [5, 5.41) is 13.2. The van der Waals surface area contributed by atoms with E-state index in [1.54, 1.807) is 0 Å². The molecule has 110 valence electrons. The molecular formula is C11H10BrF3N2O2S. The lowest BCUT2D eigenvalue weighted by atomic mass is 10.1. The number of hydrazone groups is 1. The van der Waals surface area contributed by atoms with Crippen molar-refractivity contribution in [3.63, 3.8) is 0 Å². The lowest BCUT2D eigenvalue weighted by Crippen LogP contribution is -2.56. The molecule has 2 rings (SSSR count). The van der Waals surface area contributed by atoms with Crippen LogP contribution in [0.15, 0.2) is 15.6 Å². The Labute approximate surface area is 125 Å². The summed E-state index contributed by atoms with van der Waals surface area (Å²) in [5.74, 6) is -0.969. The quantitative estimate of drug-likeness (QED) is 0.869. The Balaban J connectivity index is 2.35. The highest BCUT2D eigenvalue weighted by Crippen LogP contribution is 2.40. The first-order valence-electron chi connectivity index (χ1n) is 5.65. The minimum atomic E-state index is -4.97. The van der Waals surface area contributed by atoms with Gasteiger partial charge in [-0.05, 0) is 28.4 Å². The Morgan fingerprint density at radius 2 is 2.30 bits per heavy atom. The van der Waals surface area contributed by atoms with Crippen LogP contribution in [0.1, 0.15) is 27.9 Å². The molecule has 1 aromatic rings. The van der Waals surface area contributed by atoms with Gasteiger partial charge in [0.05, 0.1) is 4.88 Å². The van der Waals surface area contributed by atoms with Crippen molar-refractivity contribution in [3.8, 4) is 0 Å². The van der Waals surface area contributed by atoms with E-state index in [4.69, 9.17) is 0 Å². The second-order valence-corrected chi connectivity index (χ2v) is 6.16. The van der Waals surface area contributed by atoms with E-state index < -0.39 is 24.2 Å². The molecule has 0 aromatic carbocycles. The highest BCUT2D eigenvalue weighted by Gasteiger charge is 2.61. The second kappa shape index (κ2) is 5.12. The SMILES string of the molecule is CCc1sc(C(=O)N2N=CCC2(O)C(F)(F)F)cc1Br. The fourth-order valence-corrected chi connectivity index (χ4v) is 3.57. The number of thiophene rings is 1. The molecule has 9 heteroatoms. The van der Waals surface area contributed by atoms with Crippen LogP contribution in [0.4, 0.5) is 13.2 Å². The molecule has 1 amide bonds. The Bertz CT molecular complexity index is 573. The van der Waals surface area contributed by atoms with Crippen molar-refractivity contribution in [2.24, 2.45) is 5.10 Å². The van der Waals surface area contributed by atoms with Crippen LogP contribution < -0.4 is 0 Å². The van der Waals surface area contributed by atoms with Crippen LogP contribution in [0.3, 0.4) is 0 Å². The smallest absolute Gasteiger partial charge is 0.362 e. The molecular weight excluding hydrogens is 361 g/mol. The van der Waals surface area contributed by atoms with E-state index in [0.29, 0.717) is 10.9 Å². The number of halogens is 4. The van der Waals surface area contributed by atoms with Crippen LogP contribution >= 0.6 is 27.3 Å². The molecule has 0 saturated carbocycles. The van der Waals surface area contributed by atoms with Gasteiger partial charge in [-0.3, -0.25) is 4.79 Å². The van der Waals surface area contributed by atoms with Gasteiger partial charge in [-0.25, -0.2) is 0 Å². The molecule has 0 radical (unpaired) electrons. The van der Waals surface area contributed by atoms with Crippen molar-refractivity contribution < 1.29 is 23.1 Å². The number of nitrogens with zero attached hydrogens (tertiary/aromatic N) is 2. The van der Waals surface area contributed by atoms with Crippen molar-refractivity contribution in [3.05, 3.63) is 20.3 Å². The standard InChI is InChI=1S/C11H10BrF3N2O2S/c1-2-7-6(12)5-8(20-7)9(18)17-10(19,3-4-16-17)11(13,14)15/h4-5,19H,2-3H2,1H3. The molecule has 1 aliphatic rings. The second-order valence-electron chi connectivity index (χ2n) is 4.17. The third-order valence-electron chi connectivity index (χ3n) is 2.86. The van der Waals surface area contributed by atoms with Gasteiger partial charge in [-0.15, -0.1) is 11.3 Å². The van der Waals surface area contributed by atoms with Gasteiger partial charge in [0.1, 0.15) is 0 Å². The Hall–Kier alpha value is -0.930. The topological polar surface area (TPSA) is 52.9 Å². The number of hydrogen-bond acceptors (Lipinski definition) is 4. The summed E-state index contributed by atoms with van der Waals surface area (Å²) < 4.78 is 39.3. The minimum Gasteiger partial charge on any atom is -0.362 e. The van der Waals surface area contributed by atoms with Crippen LogP contribution in [0.2, 0.25) is 0 Å². The van der Waals surface area contributed by atoms with E-state index in [9.17, 15) is 23.1 Å². The molecule has 4 nitrogen and oxygen atoms in total. The lowest BCUT2D eigenvalue weighted by Gasteiger charge is -2.32. The van der Waals surface area contributed by atoms with Gasteiger partial charge >= 0.3 is 6.18 Å². The van der Waals surface area contributed by atoms with E-state index in [2.05, 4.69) is 21.0 Å². The molecule has 1 N–H and O–H groups in total. The van der Waals surface area contributed by atoms with Crippen LogP contribution in [0.5, 0.6) is 0 Å². The van der Waals surface area contributed by atoms with Gasteiger partial charge in [0, 0.05) is 22.0 Å². The normalized spacial score (nSPS) is 22.6. The zero-order valence-corrected chi connectivity index (χ0v) is 12.6. The molecule has 1 atom stereocenters. The summed E-state index contributed by atoms with van der Waals surface area (Å²) in [7, 11) is 0. The van der Waals surface area contributed by atoms with E-state index in [1.807, 2.05) is 6.92 Å². The van der Waals surface area contributed by atoms with Gasteiger partial charge in [0.15, 0.2) is 0 Å². The highest BCUT2D eigenvalue weighted by molar-refractivity contribution is 9.10. The van der Waals surface area contributed by atoms with Crippen molar-refractivity contribution in [2.45, 2.75) is 31.7 Å². The van der Waals surface area contributed by atoms with E-state index >= 15 is 0 Å². The summed E-state index contributed by atoms with van der Waals surface area (Å²) in [6.07, 6.45) is -4.21. The molecule has 1 unspecified atom stereocenters. The van der Waals surface area contributed by atoms with E-state index in [0.717, 1.165) is 22.4 Å². The molecule has 20 heavy (non-hydrogen) atoms. The zero-order chi connectivity index (χ0) is 15.1. The molecule has 0 fully saturated rings. The van der Waals surface area contributed by atoms with Crippen molar-refractivity contribution in [1.29, 1.82) is 0 Å². The summed E-state index contributed by atoms with van der Waals surface area (Å²) in [6.45, 7) is 1.87. The van der Waals surface area contributed by atoms with E-state index in [-0.39, 0.29) is 9.89 Å². The third kappa shape index (κ3) is 2.38. The maximum absolute atomic E-state index is 12.9. The first-order chi connectivity index (χ1) is 9.20. The number of hydrogen-bond donors (Lipinski definition) is 1. The van der Waals surface area contributed by atoms with Crippen LogP contribution in [0.25, 0.3) is 0 Å². The number of amides is 1. The zero-order valence-electron chi connectivity index (χ0n) is 10.2. The predicted molar refractivity (Wildman–Crippen MR) is 71.7 cm³/mol. The molecule has 1 aromatic heterocycles. The molecule has 0 bridgehead atoms. The van der Waals surface area contributed by atoms with Crippen LogP contribution in [-0.2, 0) is 6.42 Å². The van der Waals surface area contributed by atoms with Gasteiger partial charge in [0.25, 0.3) is 11.6 Å². The Morgan fingerprint density at radius 3 is 2.80 bits per heavy atom. The van der Waals surface area contributed by atoms with Crippen molar-refractivity contribution in [2.75, 3.05) is 0 Å². The fourth-order valence-electron chi connectivity index (χ4n) is 1.75. The molecule has 1 aliphatic heterocycles. The summed E-state index contributed by atoms with van der Waals surface area (Å²) in [6, 6.07) is 1.44. The number of aryl methyl sites for hydroxylation is 1. The van der Waals surface area contributed by atoms with Crippen molar-refractivity contribution >= 4 is 39.4 Å². The van der Waals surface area contributed by atoms with Gasteiger partial charge in [-0.2, -0.15) is 23.3 Å². The molecule has 0 saturated heterocycles. The average molecular weight is 371 g/mol. The minimum absolute atomic E-state index is 0.0930. The first-order valence-corrected chi connectivity index (χ1v) is 7.26. The number of carbonyl (C=O) groups excluding carboxylic acids is 1. The maximum atomic E-state index is 12.9. The van der Waals surface area contributed by atoms with Gasteiger partial charge in [-0.1, -0.05) is 6.92 Å². The van der Waals surface area contributed by atoms with Crippen LogP contribution in [-0.4, -0.2) is 34.1 Å². The molecule has 2 heterocycles. The van der Waals surface area contributed by atoms with Gasteiger partial charge in [0.2, 0.25) is 0 Å². The summed E-state index contributed by atoms with van der Waals surface area (Å²) >= 11 is 4.31. The molecule has 0 spiro atoms. The number of alkyl halides is 3. The predicted octanol–water partition coefficient (Wildman–Crippen LogP) is 3.16. The average Bonchev–Trinajstić information content (AvgIpc) is 2.92. The Morgan fingerprint density at radius 1 is 1.65 bits per heavy atom. The largest absolute Gasteiger partial charge is 0.438 e. The van der Waals surface area contributed by atoms with E-state index in [1.165, 1.54) is 6.07 Å². The van der Waals surface area contributed by atoms with Crippen molar-refractivity contribution in [1.82, 2.24) is 5.01 Å². The monoisotopic (exact) mass is 370 g/mol. The number of carbonyl (C=O) groups is 1. The fraction of sp³-hybridized carbons (Fsp3) is 0.455. The van der Waals surface area contributed by atoms with Crippen LogP contribution in [0, 0.1) is 0 Å². The number of aliphatic hydroxyl groups is 1. The molecule has 0 aliphatic carbocycles. The Kier molecular flexibility index (Phi) is 3.96. The van der Waals surface area contributed by atoms with Gasteiger partial charge < -0.3 is 5.11 Å². The third-order valence-corrected chi connectivity index (χ3v) is 5.10. The maximum Gasteiger partial charge on any atom is 0.438 e. The number of rotatable bonds is 2. The lowest BCUT2D eigenvalue weighted by molar-refractivity contribution is -0.297. The highest BCUT2D eigenvalue weighted by atomic mass is 79.9.